The number of anilines is 3. The van der Waals surface area contributed by atoms with Crippen molar-refractivity contribution in [1.29, 1.82) is 0 Å². The highest BCUT2D eigenvalue weighted by Crippen LogP contribution is 2.32. The average Bonchev–Trinajstić information content (AvgIpc) is 2.93. The number of nitrogens with zero attached hydrogens (tertiary/aromatic N) is 2. The first-order valence-corrected chi connectivity index (χ1v) is 12.2. The van der Waals surface area contributed by atoms with Crippen molar-refractivity contribution in [3.8, 4) is 0 Å². The maximum absolute atomic E-state index is 5.67. The summed E-state index contributed by atoms with van der Waals surface area (Å²) in [5.41, 5.74) is 19.4. The minimum absolute atomic E-state index is 0.534. The first-order chi connectivity index (χ1) is 17.8. The van der Waals surface area contributed by atoms with Gasteiger partial charge < -0.3 is 22.1 Å². The van der Waals surface area contributed by atoms with E-state index >= 15 is 0 Å². The Morgan fingerprint density at radius 1 is 0.639 bits per heavy atom. The van der Waals surface area contributed by atoms with Gasteiger partial charge in [0, 0.05) is 58.6 Å². The van der Waals surface area contributed by atoms with Gasteiger partial charge >= 0.3 is 0 Å². The number of rotatable bonds is 8. The van der Waals surface area contributed by atoms with Crippen LogP contribution in [0.15, 0.2) is 107 Å². The van der Waals surface area contributed by atoms with Crippen LogP contribution < -0.4 is 22.1 Å². The molecule has 1 aliphatic rings. The van der Waals surface area contributed by atoms with Crippen LogP contribution >= 0.6 is 0 Å². The molecule has 0 spiro atoms. The van der Waals surface area contributed by atoms with Crippen LogP contribution in [0.1, 0.15) is 11.1 Å². The number of fused-ring (bicyclic) bond motifs is 2. The van der Waals surface area contributed by atoms with E-state index in [1.54, 1.807) is 0 Å². The molecule has 6 N–H and O–H groups in total. The molecule has 0 heterocycles. The van der Waals surface area contributed by atoms with Crippen LogP contribution in [0, 0.1) is 0 Å². The Morgan fingerprint density at radius 2 is 1.28 bits per heavy atom. The average molecular weight is 475 g/mol. The van der Waals surface area contributed by atoms with Crippen LogP contribution in [0.25, 0.3) is 10.8 Å². The molecule has 0 aromatic heterocycles. The van der Waals surface area contributed by atoms with Crippen LogP contribution in [-0.2, 0) is 0 Å². The molecule has 4 aromatic carbocycles. The molecule has 0 unspecified atom stereocenters. The third-order valence-electron chi connectivity index (χ3n) is 6.07. The molecule has 0 saturated carbocycles. The Labute approximate surface area is 211 Å². The number of aliphatic imine (C=N–C) groups is 2. The Hall–Kier alpha value is -4.26. The van der Waals surface area contributed by atoms with Crippen LogP contribution in [0.5, 0.6) is 0 Å². The standard InChI is InChI=1S/C30H30N6/c31-17-19-33-27-13-15-29(25-7-3-1-5-23(25)27)35-21-9-11-22(12-10-21)36-30-16-14-28(34-20-18-32)24-6-2-4-8-26(24)30/h1-16,33,35H,17-20,31-32H2. The lowest BCUT2D eigenvalue weighted by atomic mass is 9.93. The van der Waals surface area contributed by atoms with E-state index in [1.807, 2.05) is 36.4 Å². The van der Waals surface area contributed by atoms with Crippen molar-refractivity contribution in [2.75, 3.05) is 36.8 Å². The van der Waals surface area contributed by atoms with E-state index < -0.39 is 0 Å². The van der Waals surface area contributed by atoms with Gasteiger partial charge in [0.25, 0.3) is 0 Å². The molecule has 4 aromatic rings. The molecular formula is C30H30N6. The zero-order chi connectivity index (χ0) is 24.7. The lowest BCUT2D eigenvalue weighted by molar-refractivity contribution is 0.977. The van der Waals surface area contributed by atoms with Crippen LogP contribution in [-0.4, -0.2) is 37.6 Å². The van der Waals surface area contributed by atoms with Crippen molar-refractivity contribution in [1.82, 2.24) is 0 Å². The Balaban J connectivity index is 1.39. The second kappa shape index (κ2) is 11.0. The lowest BCUT2D eigenvalue weighted by Crippen LogP contribution is -2.14. The molecule has 0 saturated heterocycles. The van der Waals surface area contributed by atoms with Crippen molar-refractivity contribution >= 4 is 44.9 Å². The van der Waals surface area contributed by atoms with Crippen molar-refractivity contribution in [3.05, 3.63) is 108 Å². The second-order valence-corrected chi connectivity index (χ2v) is 8.53. The molecule has 5 rings (SSSR count). The van der Waals surface area contributed by atoms with Gasteiger partial charge in [0.05, 0.1) is 23.7 Å². The van der Waals surface area contributed by atoms with Gasteiger partial charge in [-0.2, -0.15) is 0 Å². The Kier molecular flexibility index (Phi) is 7.17. The summed E-state index contributed by atoms with van der Waals surface area (Å²) in [4.78, 5) is 9.53. The first kappa shape index (κ1) is 23.5. The summed E-state index contributed by atoms with van der Waals surface area (Å²) in [7, 11) is 0. The first-order valence-electron chi connectivity index (χ1n) is 12.2. The highest BCUT2D eigenvalue weighted by atomic mass is 14.9. The molecule has 36 heavy (non-hydrogen) atoms. The lowest BCUT2D eigenvalue weighted by Gasteiger charge is -2.15. The summed E-state index contributed by atoms with van der Waals surface area (Å²) in [5, 5.41) is 9.29. The molecule has 0 amide bonds. The quantitative estimate of drug-likeness (QED) is 0.275. The van der Waals surface area contributed by atoms with Crippen LogP contribution in [0.4, 0.5) is 22.7 Å². The zero-order valence-corrected chi connectivity index (χ0v) is 20.1. The second-order valence-electron chi connectivity index (χ2n) is 8.53. The Morgan fingerprint density at radius 3 is 2.00 bits per heavy atom. The fourth-order valence-corrected chi connectivity index (χ4v) is 4.37. The largest absolute Gasteiger partial charge is 0.383 e. The molecule has 0 aliphatic heterocycles. The topological polar surface area (TPSA) is 101 Å². The molecule has 180 valence electrons. The van der Waals surface area contributed by atoms with Gasteiger partial charge in [0.15, 0.2) is 0 Å². The van der Waals surface area contributed by atoms with Gasteiger partial charge in [-0.25, -0.2) is 4.99 Å². The zero-order valence-electron chi connectivity index (χ0n) is 20.1. The highest BCUT2D eigenvalue weighted by molar-refractivity contribution is 6.26. The monoisotopic (exact) mass is 474 g/mol. The Bertz CT molecular complexity index is 1450. The number of nitrogens with two attached hydrogens (primary N) is 2. The van der Waals surface area contributed by atoms with Gasteiger partial charge in [-0.3, -0.25) is 4.99 Å². The third kappa shape index (κ3) is 5.05. The molecule has 1 aliphatic carbocycles. The van der Waals surface area contributed by atoms with Crippen molar-refractivity contribution in [2.45, 2.75) is 0 Å². The van der Waals surface area contributed by atoms with E-state index in [2.05, 4.69) is 76.3 Å². The number of nitrogens with one attached hydrogen (secondary N) is 2. The number of hydrogen-bond acceptors (Lipinski definition) is 6. The normalized spacial score (nSPS) is 14.8. The van der Waals surface area contributed by atoms with E-state index in [0.29, 0.717) is 19.6 Å². The van der Waals surface area contributed by atoms with Gasteiger partial charge in [-0.15, -0.1) is 0 Å². The molecule has 0 atom stereocenters. The third-order valence-corrected chi connectivity index (χ3v) is 6.07. The predicted molar refractivity (Wildman–Crippen MR) is 153 cm³/mol. The number of allylic oxidation sites excluding steroid dienone is 2. The van der Waals surface area contributed by atoms with Crippen LogP contribution in [0.2, 0.25) is 0 Å². The molecule has 0 bridgehead atoms. The molecule has 0 fully saturated rings. The van der Waals surface area contributed by atoms with Gasteiger partial charge in [-0.05, 0) is 48.6 Å². The summed E-state index contributed by atoms with van der Waals surface area (Å²) in [6, 6.07) is 29.0. The van der Waals surface area contributed by atoms with Crippen molar-refractivity contribution < 1.29 is 0 Å². The summed E-state index contributed by atoms with van der Waals surface area (Å²) < 4.78 is 0. The molecule has 0 radical (unpaired) electrons. The maximum Gasteiger partial charge on any atom is 0.0716 e. The van der Waals surface area contributed by atoms with Gasteiger partial charge in [-0.1, -0.05) is 48.5 Å². The number of benzene rings is 4. The number of hydrogen-bond donors (Lipinski definition) is 4. The summed E-state index contributed by atoms with van der Waals surface area (Å²) in [6.45, 7) is 2.47. The smallest absolute Gasteiger partial charge is 0.0716 e. The van der Waals surface area contributed by atoms with E-state index in [9.17, 15) is 0 Å². The summed E-state index contributed by atoms with van der Waals surface area (Å²) in [6.07, 6.45) is 4.04. The van der Waals surface area contributed by atoms with Crippen molar-refractivity contribution in [2.24, 2.45) is 21.5 Å². The summed E-state index contributed by atoms with van der Waals surface area (Å²) in [5.74, 6) is 0. The summed E-state index contributed by atoms with van der Waals surface area (Å²) >= 11 is 0. The van der Waals surface area contributed by atoms with Gasteiger partial charge in [0.1, 0.15) is 0 Å². The molecular weight excluding hydrogens is 444 g/mol. The SMILES string of the molecule is NCCN=C1C=CC(=Nc2ccc(Nc3ccc(NCCN)c4ccccc34)cc2)c2ccccc21. The van der Waals surface area contributed by atoms with E-state index in [0.717, 1.165) is 62.6 Å². The fourth-order valence-electron chi connectivity index (χ4n) is 4.37. The minimum atomic E-state index is 0.534. The molecule has 6 nitrogen and oxygen atoms in total. The van der Waals surface area contributed by atoms with Gasteiger partial charge in [0.2, 0.25) is 0 Å². The fraction of sp³-hybridized carbons (Fsp3) is 0.133. The van der Waals surface area contributed by atoms with Crippen molar-refractivity contribution in [3.63, 3.8) is 0 Å². The van der Waals surface area contributed by atoms with E-state index in [-0.39, 0.29) is 0 Å². The minimum Gasteiger partial charge on any atom is -0.383 e. The van der Waals surface area contributed by atoms with Crippen LogP contribution in [0.3, 0.4) is 0 Å². The van der Waals surface area contributed by atoms with E-state index in [1.165, 1.54) is 0 Å². The molecule has 6 heteroatoms. The predicted octanol–water partition coefficient (Wildman–Crippen LogP) is 5.39. The highest BCUT2D eigenvalue weighted by Gasteiger charge is 2.15. The maximum atomic E-state index is 5.67. The van der Waals surface area contributed by atoms with E-state index in [4.69, 9.17) is 16.5 Å².